The summed E-state index contributed by atoms with van der Waals surface area (Å²) in [6.45, 7) is 6.59. The fourth-order valence-corrected chi connectivity index (χ4v) is 3.37. The van der Waals surface area contributed by atoms with E-state index in [2.05, 4.69) is 25.1 Å². The first-order chi connectivity index (χ1) is 12.2. The number of rotatable bonds is 6. The Balaban J connectivity index is 1.34. The van der Waals surface area contributed by atoms with Crippen LogP contribution in [0.3, 0.4) is 0 Å². The summed E-state index contributed by atoms with van der Waals surface area (Å²) in [5.41, 5.74) is 6.09. The van der Waals surface area contributed by atoms with E-state index in [0.717, 1.165) is 51.5 Å². The zero-order chi connectivity index (χ0) is 17.5. The molecule has 2 aliphatic heterocycles. The van der Waals surface area contributed by atoms with Crippen LogP contribution in [0, 0.1) is 5.92 Å². The van der Waals surface area contributed by atoms with Crippen molar-refractivity contribution >= 4 is 11.9 Å². The van der Waals surface area contributed by atoms with Gasteiger partial charge in [-0.3, -0.25) is 9.69 Å². The molecule has 8 nitrogen and oxygen atoms in total. The number of piperazine rings is 1. The highest BCUT2D eigenvalue weighted by molar-refractivity contribution is 5.81. The van der Waals surface area contributed by atoms with E-state index in [9.17, 15) is 4.79 Å². The van der Waals surface area contributed by atoms with E-state index in [1.54, 1.807) is 12.4 Å². The number of anilines is 1. The third-order valence-electron chi connectivity index (χ3n) is 5.01. The quantitative estimate of drug-likeness (QED) is 0.713. The standard InChI is InChI=1S/C17H28N6O2/c18-15(14-2-12-25-13-3-14)16(24)19-6-7-22-8-10-23(11-9-22)17-20-4-1-5-21-17/h1,4-5,14-15H,2-3,6-13,18H2,(H,19,24). The Morgan fingerprint density at radius 3 is 2.60 bits per heavy atom. The summed E-state index contributed by atoms with van der Waals surface area (Å²) in [6.07, 6.45) is 5.29. The first kappa shape index (κ1) is 18.0. The number of amides is 1. The summed E-state index contributed by atoms with van der Waals surface area (Å²) in [7, 11) is 0. The SMILES string of the molecule is NC(C(=O)NCCN1CCN(c2ncccn2)CC1)C1CCOCC1. The molecule has 0 bridgehead atoms. The molecule has 138 valence electrons. The molecule has 0 aliphatic carbocycles. The topological polar surface area (TPSA) is 96.6 Å². The highest BCUT2D eigenvalue weighted by Crippen LogP contribution is 2.17. The number of ether oxygens (including phenoxy) is 1. The minimum Gasteiger partial charge on any atom is -0.381 e. The van der Waals surface area contributed by atoms with Crippen LogP contribution >= 0.6 is 0 Å². The Morgan fingerprint density at radius 1 is 1.24 bits per heavy atom. The number of hydrogen-bond donors (Lipinski definition) is 2. The Hall–Kier alpha value is -1.77. The van der Waals surface area contributed by atoms with E-state index < -0.39 is 6.04 Å². The van der Waals surface area contributed by atoms with Crippen molar-refractivity contribution in [1.82, 2.24) is 20.2 Å². The van der Waals surface area contributed by atoms with Gasteiger partial charge in [0.15, 0.2) is 0 Å². The molecule has 2 aliphatic rings. The molecule has 1 atom stereocenters. The first-order valence-electron chi connectivity index (χ1n) is 9.09. The summed E-state index contributed by atoms with van der Waals surface area (Å²) in [5.74, 6) is 0.990. The summed E-state index contributed by atoms with van der Waals surface area (Å²) in [6, 6.07) is 1.41. The molecule has 8 heteroatoms. The lowest BCUT2D eigenvalue weighted by Gasteiger charge is -2.34. The molecule has 1 amide bonds. The molecule has 0 saturated carbocycles. The van der Waals surface area contributed by atoms with E-state index in [-0.39, 0.29) is 11.8 Å². The van der Waals surface area contributed by atoms with Crippen LogP contribution in [0.4, 0.5) is 5.95 Å². The number of aromatic nitrogens is 2. The van der Waals surface area contributed by atoms with Crippen LogP contribution in [0.5, 0.6) is 0 Å². The summed E-state index contributed by atoms with van der Waals surface area (Å²) < 4.78 is 5.32. The lowest BCUT2D eigenvalue weighted by Crippen LogP contribution is -2.51. The maximum Gasteiger partial charge on any atom is 0.237 e. The van der Waals surface area contributed by atoms with Gasteiger partial charge in [0.2, 0.25) is 11.9 Å². The van der Waals surface area contributed by atoms with Crippen LogP contribution in [0.2, 0.25) is 0 Å². The molecule has 3 heterocycles. The fourth-order valence-electron chi connectivity index (χ4n) is 3.37. The minimum absolute atomic E-state index is 0.0387. The van der Waals surface area contributed by atoms with Gasteiger partial charge in [-0.1, -0.05) is 0 Å². The molecule has 25 heavy (non-hydrogen) atoms. The van der Waals surface area contributed by atoms with Crippen molar-refractivity contribution in [2.45, 2.75) is 18.9 Å². The highest BCUT2D eigenvalue weighted by Gasteiger charge is 2.26. The molecular weight excluding hydrogens is 320 g/mol. The number of carbonyl (C=O) groups excluding carboxylic acids is 1. The van der Waals surface area contributed by atoms with Gasteiger partial charge in [-0.05, 0) is 24.8 Å². The van der Waals surface area contributed by atoms with Crippen molar-refractivity contribution in [3.63, 3.8) is 0 Å². The van der Waals surface area contributed by atoms with Crippen LogP contribution in [-0.2, 0) is 9.53 Å². The minimum atomic E-state index is -0.420. The second-order valence-corrected chi connectivity index (χ2v) is 6.64. The van der Waals surface area contributed by atoms with Crippen molar-refractivity contribution < 1.29 is 9.53 Å². The molecule has 2 fully saturated rings. The lowest BCUT2D eigenvalue weighted by molar-refractivity contribution is -0.124. The van der Waals surface area contributed by atoms with Gasteiger partial charge >= 0.3 is 0 Å². The number of hydrogen-bond acceptors (Lipinski definition) is 7. The van der Waals surface area contributed by atoms with Crippen LogP contribution in [0.25, 0.3) is 0 Å². The van der Waals surface area contributed by atoms with Gasteiger partial charge in [0, 0.05) is 64.9 Å². The highest BCUT2D eigenvalue weighted by atomic mass is 16.5. The number of carbonyl (C=O) groups is 1. The summed E-state index contributed by atoms with van der Waals surface area (Å²) in [5, 5.41) is 2.99. The van der Waals surface area contributed by atoms with Crippen molar-refractivity contribution in [1.29, 1.82) is 0 Å². The van der Waals surface area contributed by atoms with Crippen LogP contribution < -0.4 is 16.0 Å². The molecule has 1 aromatic rings. The Bertz CT molecular complexity index is 529. The van der Waals surface area contributed by atoms with E-state index in [0.29, 0.717) is 19.8 Å². The molecule has 3 N–H and O–H groups in total. The normalized spacial score (nSPS) is 21.1. The van der Waals surface area contributed by atoms with Crippen LogP contribution in [-0.4, -0.2) is 79.3 Å². The lowest BCUT2D eigenvalue weighted by atomic mass is 9.92. The van der Waals surface area contributed by atoms with Gasteiger partial charge in [0.05, 0.1) is 6.04 Å². The molecule has 0 spiro atoms. The second-order valence-electron chi connectivity index (χ2n) is 6.64. The average Bonchev–Trinajstić information content (AvgIpc) is 2.69. The zero-order valence-electron chi connectivity index (χ0n) is 14.6. The van der Waals surface area contributed by atoms with Crippen molar-refractivity contribution in [2.75, 3.05) is 57.4 Å². The smallest absolute Gasteiger partial charge is 0.237 e. The van der Waals surface area contributed by atoms with E-state index in [1.165, 1.54) is 0 Å². The van der Waals surface area contributed by atoms with Gasteiger partial charge in [0.1, 0.15) is 0 Å². The molecule has 2 saturated heterocycles. The molecular formula is C17H28N6O2. The third-order valence-corrected chi connectivity index (χ3v) is 5.01. The Kier molecular flexibility index (Phi) is 6.55. The number of nitrogens with one attached hydrogen (secondary N) is 1. The van der Waals surface area contributed by atoms with E-state index >= 15 is 0 Å². The van der Waals surface area contributed by atoms with Gasteiger partial charge in [0.25, 0.3) is 0 Å². The first-order valence-corrected chi connectivity index (χ1v) is 9.09. The number of nitrogens with zero attached hydrogens (tertiary/aromatic N) is 4. The summed E-state index contributed by atoms with van der Waals surface area (Å²) >= 11 is 0. The van der Waals surface area contributed by atoms with Gasteiger partial charge in [-0.2, -0.15) is 0 Å². The van der Waals surface area contributed by atoms with Gasteiger partial charge in [-0.25, -0.2) is 9.97 Å². The maximum absolute atomic E-state index is 12.2. The van der Waals surface area contributed by atoms with Crippen molar-refractivity contribution in [3.05, 3.63) is 18.5 Å². The Labute approximate surface area is 148 Å². The van der Waals surface area contributed by atoms with Gasteiger partial charge < -0.3 is 20.7 Å². The molecule has 1 aromatic heterocycles. The zero-order valence-corrected chi connectivity index (χ0v) is 14.6. The molecule has 0 radical (unpaired) electrons. The van der Waals surface area contributed by atoms with Gasteiger partial charge in [-0.15, -0.1) is 0 Å². The number of nitrogens with two attached hydrogens (primary N) is 1. The fraction of sp³-hybridized carbons (Fsp3) is 0.706. The van der Waals surface area contributed by atoms with Crippen LogP contribution in [0.1, 0.15) is 12.8 Å². The van der Waals surface area contributed by atoms with E-state index in [1.807, 2.05) is 6.07 Å². The molecule has 0 aromatic carbocycles. The maximum atomic E-state index is 12.2. The molecule has 3 rings (SSSR count). The molecule has 1 unspecified atom stereocenters. The largest absolute Gasteiger partial charge is 0.381 e. The Morgan fingerprint density at radius 2 is 1.92 bits per heavy atom. The van der Waals surface area contributed by atoms with Crippen molar-refractivity contribution in [3.8, 4) is 0 Å². The predicted octanol–water partition coefficient (Wildman–Crippen LogP) is -0.531. The third kappa shape index (κ3) is 5.10. The average molecular weight is 348 g/mol. The summed E-state index contributed by atoms with van der Waals surface area (Å²) in [4.78, 5) is 25.3. The van der Waals surface area contributed by atoms with Crippen molar-refractivity contribution in [2.24, 2.45) is 11.7 Å². The monoisotopic (exact) mass is 348 g/mol. The van der Waals surface area contributed by atoms with Crippen LogP contribution in [0.15, 0.2) is 18.5 Å². The predicted molar refractivity (Wildman–Crippen MR) is 95.2 cm³/mol. The second kappa shape index (κ2) is 9.07. The van der Waals surface area contributed by atoms with E-state index in [4.69, 9.17) is 10.5 Å².